The SMILES string of the molecule is O=C(Oc1ccccc1C(=O)OCCc1ccccc1)c1ccc(OCCOc2ccccc2)cc1. The lowest BCUT2D eigenvalue weighted by molar-refractivity contribution is 0.0504. The van der Waals surface area contributed by atoms with Crippen molar-refractivity contribution in [1.82, 2.24) is 0 Å². The van der Waals surface area contributed by atoms with Crippen LogP contribution < -0.4 is 14.2 Å². The first-order chi connectivity index (χ1) is 17.7. The lowest BCUT2D eigenvalue weighted by Crippen LogP contribution is -2.14. The first-order valence-electron chi connectivity index (χ1n) is 11.6. The first-order valence-corrected chi connectivity index (χ1v) is 11.6. The third-order valence-corrected chi connectivity index (χ3v) is 5.23. The molecule has 0 aromatic heterocycles. The zero-order chi connectivity index (χ0) is 25.0. The summed E-state index contributed by atoms with van der Waals surface area (Å²) in [6.07, 6.45) is 0.599. The fourth-order valence-corrected chi connectivity index (χ4v) is 3.39. The molecule has 0 fully saturated rings. The second-order valence-corrected chi connectivity index (χ2v) is 7.79. The summed E-state index contributed by atoms with van der Waals surface area (Å²) in [5.41, 5.74) is 1.59. The highest BCUT2D eigenvalue weighted by Crippen LogP contribution is 2.21. The van der Waals surface area contributed by atoms with Crippen molar-refractivity contribution in [1.29, 1.82) is 0 Å². The molecule has 4 rings (SSSR count). The molecule has 6 nitrogen and oxygen atoms in total. The minimum atomic E-state index is -0.585. The summed E-state index contributed by atoms with van der Waals surface area (Å²) in [6, 6.07) is 32.3. The summed E-state index contributed by atoms with van der Waals surface area (Å²) in [5, 5.41) is 0. The maximum atomic E-state index is 12.7. The predicted molar refractivity (Wildman–Crippen MR) is 136 cm³/mol. The van der Waals surface area contributed by atoms with Crippen LogP contribution in [0.25, 0.3) is 0 Å². The van der Waals surface area contributed by atoms with E-state index in [0.29, 0.717) is 30.9 Å². The molecule has 0 amide bonds. The zero-order valence-electron chi connectivity index (χ0n) is 19.7. The van der Waals surface area contributed by atoms with E-state index in [4.69, 9.17) is 18.9 Å². The Balaban J connectivity index is 1.27. The van der Waals surface area contributed by atoms with Gasteiger partial charge in [0, 0.05) is 6.42 Å². The van der Waals surface area contributed by atoms with Crippen LogP contribution in [0.3, 0.4) is 0 Å². The smallest absolute Gasteiger partial charge is 0.343 e. The molecule has 6 heteroatoms. The van der Waals surface area contributed by atoms with E-state index in [2.05, 4.69) is 0 Å². The second kappa shape index (κ2) is 12.8. The topological polar surface area (TPSA) is 71.1 Å². The molecule has 4 aromatic rings. The molecule has 0 aliphatic heterocycles. The number of ether oxygens (including phenoxy) is 4. The van der Waals surface area contributed by atoms with E-state index in [-0.39, 0.29) is 17.9 Å². The van der Waals surface area contributed by atoms with E-state index in [9.17, 15) is 9.59 Å². The van der Waals surface area contributed by atoms with Gasteiger partial charge in [0.05, 0.1) is 12.2 Å². The van der Waals surface area contributed by atoms with E-state index in [1.165, 1.54) is 0 Å². The standard InChI is InChI=1S/C30H26O6/c31-29(24-15-17-26(18-16-24)34-22-21-33-25-11-5-2-6-12-25)36-28-14-8-7-13-27(28)30(32)35-20-19-23-9-3-1-4-10-23/h1-18H,19-22H2. The van der Waals surface area contributed by atoms with E-state index in [1.807, 2.05) is 60.7 Å². The van der Waals surface area contributed by atoms with Crippen LogP contribution in [0.5, 0.6) is 17.2 Å². The monoisotopic (exact) mass is 482 g/mol. The van der Waals surface area contributed by atoms with Crippen LogP contribution in [-0.4, -0.2) is 31.8 Å². The van der Waals surface area contributed by atoms with Gasteiger partial charge in [-0.3, -0.25) is 0 Å². The number of carbonyl (C=O) groups excluding carboxylic acids is 2. The highest BCUT2D eigenvalue weighted by Gasteiger charge is 2.17. The number of hydrogen-bond donors (Lipinski definition) is 0. The third kappa shape index (κ3) is 7.21. The van der Waals surface area contributed by atoms with Crippen LogP contribution in [0, 0.1) is 0 Å². The molecule has 0 bridgehead atoms. The number of hydrogen-bond acceptors (Lipinski definition) is 6. The molecule has 0 saturated heterocycles. The number of para-hydroxylation sites is 2. The third-order valence-electron chi connectivity index (χ3n) is 5.23. The lowest BCUT2D eigenvalue weighted by Gasteiger charge is -2.11. The Labute approximate surface area is 210 Å². The molecule has 0 radical (unpaired) electrons. The zero-order valence-corrected chi connectivity index (χ0v) is 19.7. The number of carbonyl (C=O) groups is 2. The Kier molecular flexibility index (Phi) is 8.70. The van der Waals surface area contributed by atoms with Gasteiger partial charge in [0.25, 0.3) is 0 Å². The lowest BCUT2D eigenvalue weighted by atomic mass is 10.1. The second-order valence-electron chi connectivity index (χ2n) is 7.79. The minimum Gasteiger partial charge on any atom is -0.490 e. The van der Waals surface area contributed by atoms with Crippen LogP contribution in [0.1, 0.15) is 26.3 Å². The van der Waals surface area contributed by atoms with Crippen molar-refractivity contribution < 1.29 is 28.5 Å². The molecule has 4 aromatic carbocycles. The average Bonchev–Trinajstić information content (AvgIpc) is 2.93. The van der Waals surface area contributed by atoms with Gasteiger partial charge in [-0.2, -0.15) is 0 Å². The van der Waals surface area contributed by atoms with Gasteiger partial charge < -0.3 is 18.9 Å². The van der Waals surface area contributed by atoms with Crippen LogP contribution in [0.4, 0.5) is 0 Å². The van der Waals surface area contributed by atoms with Crippen molar-refractivity contribution in [3.63, 3.8) is 0 Å². The van der Waals surface area contributed by atoms with Crippen molar-refractivity contribution in [2.75, 3.05) is 19.8 Å². The van der Waals surface area contributed by atoms with E-state index >= 15 is 0 Å². The van der Waals surface area contributed by atoms with E-state index < -0.39 is 11.9 Å². The maximum Gasteiger partial charge on any atom is 0.343 e. The molecule has 36 heavy (non-hydrogen) atoms. The number of esters is 2. The van der Waals surface area contributed by atoms with Crippen LogP contribution in [-0.2, 0) is 11.2 Å². The van der Waals surface area contributed by atoms with Gasteiger partial charge in [0.1, 0.15) is 36.0 Å². The highest BCUT2D eigenvalue weighted by molar-refractivity contribution is 5.96. The Hall–Kier alpha value is -4.58. The summed E-state index contributed by atoms with van der Waals surface area (Å²) in [6.45, 7) is 0.980. The Bertz CT molecular complexity index is 1250. The summed E-state index contributed by atoms with van der Waals surface area (Å²) < 4.78 is 22.2. The molecule has 0 spiro atoms. The first kappa shape index (κ1) is 24.5. The fourth-order valence-electron chi connectivity index (χ4n) is 3.39. The molecule has 0 atom stereocenters. The average molecular weight is 483 g/mol. The number of rotatable bonds is 11. The van der Waals surface area contributed by atoms with Gasteiger partial charge in [-0.05, 0) is 54.1 Å². The summed E-state index contributed by atoms with van der Waals surface area (Å²) in [5.74, 6) is 0.394. The number of benzene rings is 4. The molecule has 0 saturated carbocycles. The molecule has 0 heterocycles. The van der Waals surface area contributed by atoms with Gasteiger partial charge in [0.15, 0.2) is 0 Å². The predicted octanol–water partition coefficient (Wildman–Crippen LogP) is 5.76. The van der Waals surface area contributed by atoms with Crippen LogP contribution >= 0.6 is 0 Å². The molecule has 0 aliphatic rings. The van der Waals surface area contributed by atoms with Crippen molar-refractivity contribution in [2.45, 2.75) is 6.42 Å². The summed E-state index contributed by atoms with van der Waals surface area (Å²) >= 11 is 0. The maximum absolute atomic E-state index is 12.7. The highest BCUT2D eigenvalue weighted by atomic mass is 16.5. The Morgan fingerprint density at radius 3 is 1.83 bits per heavy atom. The minimum absolute atomic E-state index is 0.144. The van der Waals surface area contributed by atoms with Crippen LogP contribution in [0.2, 0.25) is 0 Å². The van der Waals surface area contributed by atoms with Crippen molar-refractivity contribution in [3.05, 3.63) is 126 Å². The molecule has 0 N–H and O–H groups in total. The largest absolute Gasteiger partial charge is 0.490 e. The molecular formula is C30H26O6. The summed E-state index contributed by atoms with van der Waals surface area (Å²) in [4.78, 5) is 25.3. The summed E-state index contributed by atoms with van der Waals surface area (Å²) in [7, 11) is 0. The van der Waals surface area contributed by atoms with Gasteiger partial charge >= 0.3 is 11.9 Å². The molecule has 0 aliphatic carbocycles. The van der Waals surface area contributed by atoms with Gasteiger partial charge in [0.2, 0.25) is 0 Å². The Morgan fingerprint density at radius 2 is 1.14 bits per heavy atom. The van der Waals surface area contributed by atoms with E-state index in [0.717, 1.165) is 11.3 Å². The molecule has 182 valence electrons. The quantitative estimate of drug-likeness (QED) is 0.154. The van der Waals surface area contributed by atoms with Gasteiger partial charge in [-0.15, -0.1) is 0 Å². The fraction of sp³-hybridized carbons (Fsp3) is 0.133. The van der Waals surface area contributed by atoms with E-state index in [1.54, 1.807) is 48.5 Å². The van der Waals surface area contributed by atoms with Gasteiger partial charge in [-0.1, -0.05) is 60.7 Å². The van der Waals surface area contributed by atoms with Crippen molar-refractivity contribution in [2.24, 2.45) is 0 Å². The van der Waals surface area contributed by atoms with Gasteiger partial charge in [-0.25, -0.2) is 9.59 Å². The molecule has 0 unspecified atom stereocenters. The Morgan fingerprint density at radius 1 is 0.556 bits per heavy atom. The van der Waals surface area contributed by atoms with Crippen molar-refractivity contribution in [3.8, 4) is 17.2 Å². The van der Waals surface area contributed by atoms with Crippen molar-refractivity contribution >= 4 is 11.9 Å². The normalized spacial score (nSPS) is 10.3. The van der Waals surface area contributed by atoms with Crippen LogP contribution in [0.15, 0.2) is 109 Å². The molecular weight excluding hydrogens is 456 g/mol.